The summed E-state index contributed by atoms with van der Waals surface area (Å²) >= 11 is 5.79. The van der Waals surface area contributed by atoms with E-state index in [0.29, 0.717) is 34.4 Å². The molecule has 2 aromatic rings. The van der Waals surface area contributed by atoms with Gasteiger partial charge in [-0.05, 0) is 42.5 Å². The lowest BCUT2D eigenvalue weighted by molar-refractivity contribution is 0.0877. The number of halogens is 2. The Labute approximate surface area is 150 Å². The minimum absolute atomic E-state index is 0.0428. The van der Waals surface area contributed by atoms with Crippen LogP contribution in [0, 0.1) is 11.7 Å². The summed E-state index contributed by atoms with van der Waals surface area (Å²) in [5.74, 6) is 0.455. The van der Waals surface area contributed by atoms with E-state index in [4.69, 9.17) is 25.6 Å². The molecule has 1 aromatic heterocycles. The fraction of sp³-hybridized carbons (Fsp3) is 0.444. The van der Waals surface area contributed by atoms with Gasteiger partial charge in [-0.2, -0.15) is 0 Å². The second-order valence-electron chi connectivity index (χ2n) is 6.14. The summed E-state index contributed by atoms with van der Waals surface area (Å²) in [4.78, 5) is 12.1. The Hall–Kier alpha value is -1.76. The molecule has 1 fully saturated rings. The molecule has 0 aliphatic carbocycles. The first kappa shape index (κ1) is 18.0. The van der Waals surface area contributed by atoms with E-state index in [9.17, 15) is 9.18 Å². The van der Waals surface area contributed by atoms with E-state index in [0.717, 1.165) is 26.1 Å². The van der Waals surface area contributed by atoms with Crippen LogP contribution < -0.4 is 0 Å². The predicted molar refractivity (Wildman–Crippen MR) is 88.9 cm³/mol. The smallest absolute Gasteiger partial charge is 0.184 e. The van der Waals surface area contributed by atoms with Crippen molar-refractivity contribution in [3.63, 3.8) is 0 Å². The summed E-state index contributed by atoms with van der Waals surface area (Å²) in [6.45, 7) is 1.84. The van der Waals surface area contributed by atoms with Crippen molar-refractivity contribution in [1.29, 1.82) is 0 Å². The highest BCUT2D eigenvalue weighted by Gasteiger charge is 2.19. The SMILES string of the molecule is O=C(CCC1CCOC1)c1cc(COCc2cc(F)cc(Cl)c2)on1. The van der Waals surface area contributed by atoms with Gasteiger partial charge in [0, 0.05) is 30.7 Å². The summed E-state index contributed by atoms with van der Waals surface area (Å²) < 4.78 is 29.1. The first-order chi connectivity index (χ1) is 12.1. The van der Waals surface area contributed by atoms with Crippen LogP contribution in [-0.2, 0) is 22.7 Å². The average molecular weight is 368 g/mol. The number of benzene rings is 1. The number of ether oxygens (including phenoxy) is 2. The van der Waals surface area contributed by atoms with Gasteiger partial charge in [0.05, 0.1) is 6.61 Å². The van der Waals surface area contributed by atoms with E-state index in [2.05, 4.69) is 5.16 Å². The molecule has 1 aliphatic heterocycles. The molecule has 0 N–H and O–H groups in total. The van der Waals surface area contributed by atoms with Crippen molar-refractivity contribution in [2.45, 2.75) is 32.5 Å². The van der Waals surface area contributed by atoms with Crippen molar-refractivity contribution < 1.29 is 23.2 Å². The molecule has 1 unspecified atom stereocenters. The normalized spacial score (nSPS) is 17.1. The molecule has 1 atom stereocenters. The molecule has 2 heterocycles. The van der Waals surface area contributed by atoms with Gasteiger partial charge in [0.25, 0.3) is 0 Å². The van der Waals surface area contributed by atoms with Crippen LogP contribution in [0.15, 0.2) is 28.8 Å². The molecule has 134 valence electrons. The van der Waals surface area contributed by atoms with Gasteiger partial charge in [0.1, 0.15) is 18.1 Å². The number of aromatic nitrogens is 1. The average Bonchev–Trinajstić information content (AvgIpc) is 3.23. The number of carbonyl (C=O) groups excluding carboxylic acids is 1. The lowest BCUT2D eigenvalue weighted by Gasteiger charge is -2.04. The van der Waals surface area contributed by atoms with E-state index in [1.807, 2.05) is 0 Å². The summed E-state index contributed by atoms with van der Waals surface area (Å²) in [7, 11) is 0. The van der Waals surface area contributed by atoms with Gasteiger partial charge in [-0.15, -0.1) is 0 Å². The number of Topliss-reactive ketones (excluding diaryl/α,β-unsaturated/α-hetero) is 1. The third-order valence-electron chi connectivity index (χ3n) is 4.08. The molecule has 1 aliphatic rings. The van der Waals surface area contributed by atoms with Crippen LogP contribution in [-0.4, -0.2) is 24.2 Å². The number of nitrogens with zero attached hydrogens (tertiary/aromatic N) is 1. The first-order valence-electron chi connectivity index (χ1n) is 8.19. The van der Waals surface area contributed by atoms with Gasteiger partial charge in [0.15, 0.2) is 11.5 Å². The standard InChI is InChI=1S/C18H19ClFNO4/c19-14-5-13(6-15(20)7-14)10-24-11-16-8-17(21-25-16)18(22)2-1-12-3-4-23-9-12/h5-8,12H,1-4,9-11H2. The zero-order valence-electron chi connectivity index (χ0n) is 13.7. The van der Waals surface area contributed by atoms with Gasteiger partial charge < -0.3 is 14.0 Å². The molecule has 0 amide bonds. The lowest BCUT2D eigenvalue weighted by atomic mass is 10.00. The molecule has 3 rings (SSSR count). The number of ketones is 1. The fourth-order valence-electron chi connectivity index (χ4n) is 2.75. The van der Waals surface area contributed by atoms with Crippen LogP contribution in [0.4, 0.5) is 4.39 Å². The van der Waals surface area contributed by atoms with Crippen LogP contribution >= 0.6 is 11.6 Å². The Bertz CT molecular complexity index is 707. The molecule has 25 heavy (non-hydrogen) atoms. The van der Waals surface area contributed by atoms with E-state index >= 15 is 0 Å². The highest BCUT2D eigenvalue weighted by molar-refractivity contribution is 6.30. The van der Waals surface area contributed by atoms with Crippen LogP contribution in [0.5, 0.6) is 0 Å². The fourth-order valence-corrected chi connectivity index (χ4v) is 2.99. The van der Waals surface area contributed by atoms with Gasteiger partial charge in [-0.25, -0.2) is 4.39 Å². The van der Waals surface area contributed by atoms with Crippen molar-refractivity contribution in [2.75, 3.05) is 13.2 Å². The van der Waals surface area contributed by atoms with Gasteiger partial charge in [-0.3, -0.25) is 4.79 Å². The summed E-state index contributed by atoms with van der Waals surface area (Å²) in [6.07, 6.45) is 2.25. The molecule has 0 bridgehead atoms. The van der Waals surface area contributed by atoms with Gasteiger partial charge in [-0.1, -0.05) is 16.8 Å². The van der Waals surface area contributed by atoms with E-state index in [1.54, 1.807) is 12.1 Å². The summed E-state index contributed by atoms with van der Waals surface area (Å²) in [5, 5.41) is 4.12. The first-order valence-corrected chi connectivity index (χ1v) is 8.57. The number of rotatable bonds is 8. The monoisotopic (exact) mass is 367 g/mol. The quantitative estimate of drug-likeness (QED) is 0.655. The number of hydrogen-bond acceptors (Lipinski definition) is 5. The maximum absolute atomic E-state index is 13.2. The Kier molecular flexibility index (Phi) is 6.18. The Balaban J connectivity index is 1.45. The second kappa shape index (κ2) is 8.56. The van der Waals surface area contributed by atoms with Crippen molar-refractivity contribution in [2.24, 2.45) is 5.92 Å². The van der Waals surface area contributed by atoms with E-state index in [-0.39, 0.29) is 19.0 Å². The Morgan fingerprint density at radius 3 is 2.96 bits per heavy atom. The van der Waals surface area contributed by atoms with Crippen LogP contribution in [0.2, 0.25) is 5.02 Å². The predicted octanol–water partition coefficient (Wildman–Crippen LogP) is 4.18. The third-order valence-corrected chi connectivity index (χ3v) is 4.30. The highest BCUT2D eigenvalue weighted by atomic mass is 35.5. The van der Waals surface area contributed by atoms with Gasteiger partial charge in [0.2, 0.25) is 0 Å². The number of carbonyl (C=O) groups is 1. The van der Waals surface area contributed by atoms with Crippen molar-refractivity contribution in [3.8, 4) is 0 Å². The number of hydrogen-bond donors (Lipinski definition) is 0. The minimum atomic E-state index is -0.411. The van der Waals surface area contributed by atoms with Gasteiger partial charge >= 0.3 is 0 Å². The lowest BCUT2D eigenvalue weighted by Crippen LogP contribution is -2.05. The summed E-state index contributed by atoms with van der Waals surface area (Å²) in [5.41, 5.74) is 0.936. The zero-order valence-corrected chi connectivity index (χ0v) is 14.4. The molecule has 0 radical (unpaired) electrons. The van der Waals surface area contributed by atoms with Crippen molar-refractivity contribution >= 4 is 17.4 Å². The third kappa shape index (κ3) is 5.36. The molecule has 0 spiro atoms. The topological polar surface area (TPSA) is 61.6 Å². The molecular formula is C18H19ClFNO4. The van der Waals surface area contributed by atoms with Crippen LogP contribution in [0.25, 0.3) is 0 Å². The van der Waals surface area contributed by atoms with E-state index in [1.165, 1.54) is 12.1 Å². The van der Waals surface area contributed by atoms with Crippen molar-refractivity contribution in [3.05, 3.63) is 52.1 Å². The largest absolute Gasteiger partial charge is 0.381 e. The van der Waals surface area contributed by atoms with Crippen LogP contribution in [0.1, 0.15) is 41.1 Å². The molecule has 1 aromatic carbocycles. The van der Waals surface area contributed by atoms with Crippen LogP contribution in [0.3, 0.4) is 0 Å². The molecule has 1 saturated heterocycles. The summed E-state index contributed by atoms with van der Waals surface area (Å²) in [6, 6.07) is 5.81. The molecule has 5 nitrogen and oxygen atoms in total. The maximum atomic E-state index is 13.2. The molecule has 0 saturated carbocycles. The molecule has 7 heteroatoms. The van der Waals surface area contributed by atoms with E-state index < -0.39 is 5.82 Å². The highest BCUT2D eigenvalue weighted by Crippen LogP contribution is 2.20. The Morgan fingerprint density at radius 1 is 1.32 bits per heavy atom. The van der Waals surface area contributed by atoms with Crippen molar-refractivity contribution in [1.82, 2.24) is 5.16 Å². The molecular weight excluding hydrogens is 349 g/mol. The zero-order chi connectivity index (χ0) is 17.6. The second-order valence-corrected chi connectivity index (χ2v) is 6.58. The Morgan fingerprint density at radius 2 is 2.20 bits per heavy atom. The maximum Gasteiger partial charge on any atom is 0.184 e. The minimum Gasteiger partial charge on any atom is -0.381 e.